The zero-order valence-corrected chi connectivity index (χ0v) is 20.7. The van der Waals surface area contributed by atoms with Gasteiger partial charge in [-0.3, -0.25) is 4.67 Å². The number of aryl methyl sites for hydroxylation is 2. The van der Waals surface area contributed by atoms with Crippen molar-refractivity contribution in [3.05, 3.63) is 71.5 Å². The summed E-state index contributed by atoms with van der Waals surface area (Å²) in [6, 6.07) is 19.2. The van der Waals surface area contributed by atoms with E-state index in [1.165, 1.54) is 29.4 Å². The lowest BCUT2D eigenvalue weighted by Gasteiger charge is -2.44. The summed E-state index contributed by atoms with van der Waals surface area (Å²) < 4.78 is 10.5. The Balaban J connectivity index is 2.04. The van der Waals surface area contributed by atoms with Crippen LogP contribution >= 0.6 is 7.21 Å². The van der Waals surface area contributed by atoms with Crippen molar-refractivity contribution in [3.8, 4) is 5.69 Å². The molecule has 0 aliphatic carbocycles. The molecule has 1 aliphatic rings. The monoisotopic (exact) mass is 434 g/mol. The van der Waals surface area contributed by atoms with E-state index in [9.17, 15) is 0 Å². The molecule has 1 fully saturated rings. The number of nitrogens with zero attached hydrogens (tertiary/aromatic N) is 4. The Hall–Kier alpha value is -2.16. The van der Waals surface area contributed by atoms with Gasteiger partial charge in [-0.25, -0.2) is 9.43 Å². The first-order chi connectivity index (χ1) is 14.7. The standard InChI is InChI=1S/C26H35N4P/c1-20-14-16-23(17-15-20)28-31(26(4,5)6,29-18-10-11-19-29)25-21(2)27-30(22(25)3)24-12-8-7-9-13-24/h7-9,12-17H,10-11,18-19H2,1-6H3. The van der Waals surface area contributed by atoms with Crippen LogP contribution in [-0.4, -0.2) is 32.7 Å². The van der Waals surface area contributed by atoms with Gasteiger partial charge in [0, 0.05) is 18.2 Å². The zero-order valence-electron chi connectivity index (χ0n) is 19.8. The minimum atomic E-state index is -2.12. The van der Waals surface area contributed by atoms with Gasteiger partial charge in [-0.15, -0.1) is 0 Å². The van der Waals surface area contributed by atoms with Crippen LogP contribution < -0.4 is 5.30 Å². The van der Waals surface area contributed by atoms with Gasteiger partial charge in [0.25, 0.3) is 0 Å². The van der Waals surface area contributed by atoms with Crippen LogP contribution in [0.2, 0.25) is 0 Å². The first kappa shape index (κ1) is 22.0. The molecule has 3 aromatic rings. The van der Waals surface area contributed by atoms with Crippen LogP contribution in [0.1, 0.15) is 50.6 Å². The average Bonchev–Trinajstić information content (AvgIpc) is 3.37. The van der Waals surface area contributed by atoms with E-state index < -0.39 is 7.21 Å². The average molecular weight is 435 g/mol. The second-order valence-corrected chi connectivity index (χ2v) is 13.4. The first-order valence-corrected chi connectivity index (χ1v) is 13.0. The van der Waals surface area contributed by atoms with Crippen LogP contribution in [0, 0.1) is 20.8 Å². The summed E-state index contributed by atoms with van der Waals surface area (Å²) in [5, 5.41) is 6.39. The molecule has 0 spiro atoms. The molecule has 1 saturated heterocycles. The molecular weight excluding hydrogens is 399 g/mol. The summed E-state index contributed by atoms with van der Waals surface area (Å²) >= 11 is 0. The molecule has 0 amide bonds. The fourth-order valence-electron chi connectivity index (χ4n) is 4.84. The van der Waals surface area contributed by atoms with Gasteiger partial charge in [0.1, 0.15) is 0 Å². The summed E-state index contributed by atoms with van der Waals surface area (Å²) in [4.78, 5) is 0. The zero-order chi connectivity index (χ0) is 22.2. The predicted octanol–water partition coefficient (Wildman–Crippen LogP) is 6.77. The van der Waals surface area contributed by atoms with Gasteiger partial charge < -0.3 is 0 Å². The lowest BCUT2D eigenvalue weighted by atomic mass is 10.2. The van der Waals surface area contributed by atoms with E-state index in [-0.39, 0.29) is 5.16 Å². The van der Waals surface area contributed by atoms with Gasteiger partial charge >= 0.3 is 0 Å². The second kappa shape index (κ2) is 8.41. The summed E-state index contributed by atoms with van der Waals surface area (Å²) in [5.74, 6) is 0. The van der Waals surface area contributed by atoms with Crippen molar-refractivity contribution in [1.82, 2.24) is 14.5 Å². The fourth-order valence-corrected chi connectivity index (χ4v) is 9.54. The van der Waals surface area contributed by atoms with Crippen LogP contribution in [0.3, 0.4) is 0 Å². The van der Waals surface area contributed by atoms with Gasteiger partial charge in [0.05, 0.1) is 35.3 Å². The Bertz CT molecular complexity index is 1100. The number of para-hydroxylation sites is 1. The van der Waals surface area contributed by atoms with E-state index in [0.717, 1.165) is 30.2 Å². The third-order valence-corrected chi connectivity index (χ3v) is 11.2. The molecule has 0 N–H and O–H groups in total. The van der Waals surface area contributed by atoms with E-state index in [1.54, 1.807) is 0 Å². The minimum absolute atomic E-state index is 0.0116. The molecule has 0 saturated carbocycles. The van der Waals surface area contributed by atoms with Crippen LogP contribution in [0.25, 0.3) is 5.69 Å². The van der Waals surface area contributed by atoms with Crippen molar-refractivity contribution in [1.29, 1.82) is 0 Å². The Labute approximate surface area is 187 Å². The molecule has 2 heterocycles. The Kier molecular flexibility index (Phi) is 5.98. The quantitative estimate of drug-likeness (QED) is 0.425. The molecule has 4 rings (SSSR count). The SMILES string of the molecule is Cc1ccc(N=P(c2c(C)nn(-c3ccccc3)c2C)(N2CCCC2)C(C)(C)C)cc1. The van der Waals surface area contributed by atoms with Gasteiger partial charge in [-0.1, -0.05) is 56.7 Å². The van der Waals surface area contributed by atoms with Crippen molar-refractivity contribution >= 4 is 18.2 Å². The molecule has 0 radical (unpaired) electrons. The molecule has 1 atom stereocenters. The van der Waals surface area contributed by atoms with Gasteiger partial charge in [0.2, 0.25) is 0 Å². The molecule has 4 nitrogen and oxygen atoms in total. The molecule has 1 unspecified atom stereocenters. The summed E-state index contributed by atoms with van der Waals surface area (Å²) in [6.07, 6.45) is 2.48. The van der Waals surface area contributed by atoms with E-state index in [2.05, 4.69) is 105 Å². The van der Waals surface area contributed by atoms with Crippen molar-refractivity contribution in [2.45, 2.75) is 59.5 Å². The maximum absolute atomic E-state index is 5.67. The maximum Gasteiger partial charge on any atom is 0.0756 e. The first-order valence-electron chi connectivity index (χ1n) is 11.3. The van der Waals surface area contributed by atoms with Crippen molar-refractivity contribution in [3.63, 3.8) is 0 Å². The normalized spacial score (nSPS) is 17.0. The van der Waals surface area contributed by atoms with Crippen LogP contribution in [0.15, 0.2) is 59.3 Å². The van der Waals surface area contributed by atoms with Gasteiger partial charge in [-0.05, 0) is 57.9 Å². The van der Waals surface area contributed by atoms with E-state index >= 15 is 0 Å². The predicted molar refractivity (Wildman–Crippen MR) is 133 cm³/mol. The third-order valence-electron chi connectivity index (χ3n) is 6.29. The van der Waals surface area contributed by atoms with Crippen molar-refractivity contribution in [2.75, 3.05) is 13.1 Å². The highest BCUT2D eigenvalue weighted by Gasteiger charge is 2.45. The second-order valence-electron chi connectivity index (χ2n) is 9.64. The maximum atomic E-state index is 5.67. The highest BCUT2D eigenvalue weighted by Crippen LogP contribution is 2.65. The Morgan fingerprint density at radius 3 is 2.06 bits per heavy atom. The van der Waals surface area contributed by atoms with Crippen molar-refractivity contribution in [2.24, 2.45) is 4.74 Å². The Morgan fingerprint density at radius 1 is 0.871 bits per heavy atom. The van der Waals surface area contributed by atoms with Gasteiger partial charge in [-0.2, -0.15) is 5.10 Å². The van der Waals surface area contributed by atoms with Crippen molar-refractivity contribution < 1.29 is 0 Å². The molecule has 164 valence electrons. The fraction of sp³-hybridized carbons (Fsp3) is 0.423. The topological polar surface area (TPSA) is 33.4 Å². The number of benzene rings is 2. The largest absolute Gasteiger partial charge is 0.265 e. The summed E-state index contributed by atoms with van der Waals surface area (Å²) in [7, 11) is -2.12. The minimum Gasteiger partial charge on any atom is -0.265 e. The van der Waals surface area contributed by atoms with E-state index in [0.29, 0.717) is 0 Å². The molecule has 1 aromatic heterocycles. The molecule has 0 bridgehead atoms. The highest BCUT2D eigenvalue weighted by molar-refractivity contribution is 7.73. The number of hydrogen-bond acceptors (Lipinski definition) is 2. The van der Waals surface area contributed by atoms with Crippen LogP contribution in [0.4, 0.5) is 5.69 Å². The van der Waals surface area contributed by atoms with E-state index in [4.69, 9.17) is 9.84 Å². The summed E-state index contributed by atoms with van der Waals surface area (Å²) in [5.41, 5.74) is 5.77. The smallest absolute Gasteiger partial charge is 0.0756 e. The number of aromatic nitrogens is 2. The lowest BCUT2D eigenvalue weighted by molar-refractivity contribution is 0.538. The van der Waals surface area contributed by atoms with Crippen LogP contribution in [0.5, 0.6) is 0 Å². The van der Waals surface area contributed by atoms with Crippen LogP contribution in [-0.2, 0) is 0 Å². The Morgan fingerprint density at radius 2 is 1.48 bits per heavy atom. The number of rotatable bonds is 4. The molecule has 2 aromatic carbocycles. The van der Waals surface area contributed by atoms with Gasteiger partial charge in [0.15, 0.2) is 0 Å². The van der Waals surface area contributed by atoms with E-state index in [1.807, 2.05) is 0 Å². The summed E-state index contributed by atoms with van der Waals surface area (Å²) in [6.45, 7) is 15.9. The highest BCUT2D eigenvalue weighted by atomic mass is 31.2. The number of hydrogen-bond donors (Lipinski definition) is 0. The molecule has 1 aliphatic heterocycles. The molecule has 5 heteroatoms. The molecular formula is C26H35N4P. The molecule has 31 heavy (non-hydrogen) atoms. The lowest BCUT2D eigenvalue weighted by Crippen LogP contribution is -2.36. The third kappa shape index (κ3) is 3.92.